The first-order valence-electron chi connectivity index (χ1n) is 4.91. The minimum absolute atomic E-state index is 0. The van der Waals surface area contributed by atoms with Crippen LogP contribution >= 0.6 is 12.4 Å². The molecule has 0 heterocycles. The Labute approximate surface area is 104 Å². The zero-order chi connectivity index (χ0) is 12.1. The Bertz CT molecular complexity index is 367. The molecule has 1 aromatic carbocycles. The van der Waals surface area contributed by atoms with E-state index in [-0.39, 0.29) is 31.0 Å². The van der Waals surface area contributed by atoms with E-state index in [4.69, 9.17) is 5.73 Å². The lowest BCUT2D eigenvalue weighted by Crippen LogP contribution is -2.19. The summed E-state index contributed by atoms with van der Waals surface area (Å²) in [6.07, 6.45) is -0.244. The highest BCUT2D eigenvalue weighted by atomic mass is 35.5. The number of carbonyl (C=O) groups excluding carboxylic acids is 1. The van der Waals surface area contributed by atoms with Gasteiger partial charge in [-0.2, -0.15) is 0 Å². The van der Waals surface area contributed by atoms with Gasteiger partial charge in [-0.15, -0.1) is 12.4 Å². The van der Waals surface area contributed by atoms with Gasteiger partial charge in [0, 0.05) is 11.6 Å². The van der Waals surface area contributed by atoms with E-state index in [0.29, 0.717) is 0 Å². The highest BCUT2D eigenvalue weighted by Gasteiger charge is 2.19. The standard InChI is InChI=1S/C11H13F2NO2.ClH/c1-2-16-10(15)6-9(14)11-7(12)4-3-5-8(11)13;/h3-5,9H,2,6,14H2,1H3;1H/t9-;/m1./s1. The van der Waals surface area contributed by atoms with Crippen LogP contribution in [0.5, 0.6) is 0 Å². The molecule has 3 nitrogen and oxygen atoms in total. The van der Waals surface area contributed by atoms with Crippen molar-refractivity contribution in [2.45, 2.75) is 19.4 Å². The van der Waals surface area contributed by atoms with Crippen molar-refractivity contribution in [3.8, 4) is 0 Å². The number of ether oxygens (including phenoxy) is 1. The summed E-state index contributed by atoms with van der Waals surface area (Å²) >= 11 is 0. The fourth-order valence-electron chi connectivity index (χ4n) is 1.37. The van der Waals surface area contributed by atoms with Crippen LogP contribution in [0.4, 0.5) is 8.78 Å². The maximum Gasteiger partial charge on any atom is 0.307 e. The highest BCUT2D eigenvalue weighted by Crippen LogP contribution is 2.21. The predicted molar refractivity (Wildman–Crippen MR) is 61.8 cm³/mol. The molecular formula is C11H14ClF2NO2. The predicted octanol–water partition coefficient (Wildman–Crippen LogP) is 2.34. The van der Waals surface area contributed by atoms with E-state index in [1.807, 2.05) is 0 Å². The van der Waals surface area contributed by atoms with Gasteiger partial charge in [-0.25, -0.2) is 8.78 Å². The molecule has 1 atom stereocenters. The molecule has 1 rings (SSSR count). The normalized spacial score (nSPS) is 11.5. The topological polar surface area (TPSA) is 52.3 Å². The van der Waals surface area contributed by atoms with Gasteiger partial charge in [-0.3, -0.25) is 4.79 Å². The molecule has 96 valence electrons. The van der Waals surface area contributed by atoms with E-state index in [0.717, 1.165) is 12.1 Å². The third kappa shape index (κ3) is 4.28. The Balaban J connectivity index is 0.00000256. The average molecular weight is 266 g/mol. The minimum Gasteiger partial charge on any atom is -0.466 e. The van der Waals surface area contributed by atoms with Crippen LogP contribution in [0.25, 0.3) is 0 Å². The maximum atomic E-state index is 13.3. The summed E-state index contributed by atoms with van der Waals surface area (Å²) in [5.74, 6) is -2.08. The van der Waals surface area contributed by atoms with E-state index >= 15 is 0 Å². The van der Waals surface area contributed by atoms with E-state index in [9.17, 15) is 13.6 Å². The molecule has 0 radical (unpaired) electrons. The Kier molecular flexibility index (Phi) is 6.68. The van der Waals surface area contributed by atoms with Crippen LogP contribution in [-0.2, 0) is 9.53 Å². The summed E-state index contributed by atoms with van der Waals surface area (Å²) in [4.78, 5) is 11.1. The molecule has 0 amide bonds. The first kappa shape index (κ1) is 15.8. The average Bonchev–Trinajstić information content (AvgIpc) is 2.17. The van der Waals surface area contributed by atoms with Gasteiger partial charge >= 0.3 is 5.97 Å². The highest BCUT2D eigenvalue weighted by molar-refractivity contribution is 5.85. The van der Waals surface area contributed by atoms with Crippen molar-refractivity contribution in [1.29, 1.82) is 0 Å². The van der Waals surface area contributed by atoms with Crippen LogP contribution in [0.1, 0.15) is 24.9 Å². The SMILES string of the molecule is CCOC(=O)C[C@@H](N)c1c(F)cccc1F.Cl. The summed E-state index contributed by atoms with van der Waals surface area (Å²) in [6.45, 7) is 1.86. The van der Waals surface area contributed by atoms with Crippen molar-refractivity contribution in [3.05, 3.63) is 35.4 Å². The zero-order valence-corrected chi connectivity index (χ0v) is 10.1. The maximum absolute atomic E-state index is 13.3. The van der Waals surface area contributed by atoms with Gasteiger partial charge in [0.15, 0.2) is 0 Å². The Hall–Kier alpha value is -1.20. The van der Waals surface area contributed by atoms with Crippen LogP contribution in [0.15, 0.2) is 18.2 Å². The molecule has 0 aliphatic carbocycles. The van der Waals surface area contributed by atoms with E-state index < -0.39 is 23.6 Å². The second kappa shape index (κ2) is 7.19. The minimum atomic E-state index is -1.03. The number of carbonyl (C=O) groups is 1. The quantitative estimate of drug-likeness (QED) is 0.850. The molecule has 0 bridgehead atoms. The summed E-state index contributed by atoms with van der Waals surface area (Å²) < 4.78 is 31.2. The third-order valence-electron chi connectivity index (χ3n) is 2.06. The van der Waals surface area contributed by atoms with E-state index in [1.54, 1.807) is 6.92 Å². The molecule has 0 aromatic heterocycles. The second-order valence-electron chi connectivity index (χ2n) is 3.25. The molecule has 0 unspecified atom stereocenters. The zero-order valence-electron chi connectivity index (χ0n) is 9.28. The molecule has 0 saturated heterocycles. The summed E-state index contributed by atoms with van der Waals surface area (Å²) in [5, 5.41) is 0. The molecule has 2 N–H and O–H groups in total. The van der Waals surface area contributed by atoms with Crippen LogP contribution < -0.4 is 5.73 Å². The number of rotatable bonds is 4. The lowest BCUT2D eigenvalue weighted by Gasteiger charge is -2.12. The number of benzene rings is 1. The molecule has 17 heavy (non-hydrogen) atoms. The van der Waals surface area contributed by atoms with Gasteiger partial charge in [0.25, 0.3) is 0 Å². The third-order valence-corrected chi connectivity index (χ3v) is 2.06. The number of nitrogens with two attached hydrogens (primary N) is 1. The number of hydrogen-bond donors (Lipinski definition) is 1. The van der Waals surface area contributed by atoms with Gasteiger partial charge in [0.2, 0.25) is 0 Å². The fourth-order valence-corrected chi connectivity index (χ4v) is 1.37. The van der Waals surface area contributed by atoms with Gasteiger partial charge in [0.05, 0.1) is 13.0 Å². The Morgan fingerprint density at radius 3 is 2.41 bits per heavy atom. The molecular weight excluding hydrogens is 252 g/mol. The first-order valence-corrected chi connectivity index (χ1v) is 4.91. The molecule has 0 saturated carbocycles. The van der Waals surface area contributed by atoms with Crippen LogP contribution in [0.2, 0.25) is 0 Å². The molecule has 0 aliphatic rings. The molecule has 0 aliphatic heterocycles. The Morgan fingerprint density at radius 2 is 1.94 bits per heavy atom. The molecule has 0 spiro atoms. The van der Waals surface area contributed by atoms with Crippen LogP contribution in [-0.4, -0.2) is 12.6 Å². The monoisotopic (exact) mass is 265 g/mol. The van der Waals surface area contributed by atoms with Crippen molar-refractivity contribution in [2.24, 2.45) is 5.73 Å². The van der Waals surface area contributed by atoms with E-state index in [2.05, 4.69) is 4.74 Å². The summed E-state index contributed by atoms with van der Waals surface area (Å²) in [7, 11) is 0. The van der Waals surface area contributed by atoms with Gasteiger partial charge in [-0.05, 0) is 19.1 Å². The molecule has 0 fully saturated rings. The van der Waals surface area contributed by atoms with Gasteiger partial charge in [-0.1, -0.05) is 6.07 Å². The lowest BCUT2D eigenvalue weighted by molar-refractivity contribution is -0.143. The largest absolute Gasteiger partial charge is 0.466 e. The first-order chi connectivity index (χ1) is 7.56. The van der Waals surface area contributed by atoms with Crippen LogP contribution in [0.3, 0.4) is 0 Å². The number of hydrogen-bond acceptors (Lipinski definition) is 3. The molecule has 1 aromatic rings. The van der Waals surface area contributed by atoms with Crippen molar-refractivity contribution >= 4 is 18.4 Å². The lowest BCUT2D eigenvalue weighted by atomic mass is 10.0. The summed E-state index contributed by atoms with van der Waals surface area (Å²) in [6, 6.07) is 2.42. The smallest absolute Gasteiger partial charge is 0.307 e. The van der Waals surface area contributed by atoms with Crippen molar-refractivity contribution in [2.75, 3.05) is 6.61 Å². The van der Waals surface area contributed by atoms with E-state index in [1.165, 1.54) is 6.07 Å². The molecule has 6 heteroatoms. The van der Waals surface area contributed by atoms with Crippen molar-refractivity contribution < 1.29 is 18.3 Å². The Morgan fingerprint density at radius 1 is 1.41 bits per heavy atom. The second-order valence-corrected chi connectivity index (χ2v) is 3.25. The number of halogens is 3. The van der Waals surface area contributed by atoms with Crippen molar-refractivity contribution in [3.63, 3.8) is 0 Å². The van der Waals surface area contributed by atoms with Gasteiger partial charge < -0.3 is 10.5 Å². The van der Waals surface area contributed by atoms with Gasteiger partial charge in [0.1, 0.15) is 11.6 Å². The fraction of sp³-hybridized carbons (Fsp3) is 0.364. The van der Waals surface area contributed by atoms with Crippen LogP contribution in [0, 0.1) is 11.6 Å². The van der Waals surface area contributed by atoms with Crippen molar-refractivity contribution in [1.82, 2.24) is 0 Å². The number of esters is 1. The summed E-state index contributed by atoms with van der Waals surface area (Å²) in [5.41, 5.74) is 5.27.